The number of rotatable bonds is 7. The van der Waals surface area contributed by atoms with Crippen molar-refractivity contribution in [1.29, 1.82) is 0 Å². The van der Waals surface area contributed by atoms with E-state index in [-0.39, 0.29) is 5.91 Å². The van der Waals surface area contributed by atoms with Gasteiger partial charge in [0.25, 0.3) is 5.91 Å². The Hall–Kier alpha value is -2.14. The van der Waals surface area contributed by atoms with E-state index in [4.69, 9.17) is 11.6 Å². The lowest BCUT2D eigenvalue weighted by atomic mass is 10.2. The molecule has 0 bridgehead atoms. The molecule has 2 N–H and O–H groups in total. The summed E-state index contributed by atoms with van der Waals surface area (Å²) < 4.78 is 0. The Bertz CT molecular complexity index is 599. The van der Waals surface area contributed by atoms with Crippen molar-refractivity contribution in [3.05, 3.63) is 47.0 Å². The first-order valence-electron chi connectivity index (χ1n) is 7.33. The third-order valence-electron chi connectivity index (χ3n) is 3.10. The fourth-order valence-corrected chi connectivity index (χ4v) is 2.00. The number of nitrogens with zero attached hydrogens (tertiary/aromatic N) is 2. The Kier molecular flexibility index (Phi) is 6.15. The van der Waals surface area contributed by atoms with Crippen LogP contribution in [0.2, 0.25) is 5.02 Å². The van der Waals surface area contributed by atoms with Crippen LogP contribution >= 0.6 is 11.6 Å². The highest BCUT2D eigenvalue weighted by atomic mass is 35.5. The lowest BCUT2D eigenvalue weighted by Crippen LogP contribution is -2.13. The highest BCUT2D eigenvalue weighted by molar-refractivity contribution is 6.30. The fraction of sp³-hybridized carbons (Fsp3) is 0.312. The molecule has 1 aromatic heterocycles. The molecule has 0 unspecified atom stereocenters. The van der Waals surface area contributed by atoms with Crippen LogP contribution in [0.15, 0.2) is 36.4 Å². The van der Waals surface area contributed by atoms with Crippen molar-refractivity contribution in [3.63, 3.8) is 0 Å². The first-order chi connectivity index (χ1) is 10.7. The van der Waals surface area contributed by atoms with Gasteiger partial charge in [-0.15, -0.1) is 10.2 Å². The van der Waals surface area contributed by atoms with E-state index in [1.807, 2.05) is 0 Å². The van der Waals surface area contributed by atoms with Crippen molar-refractivity contribution >= 4 is 29.1 Å². The lowest BCUT2D eigenvalue weighted by Gasteiger charge is -2.06. The Morgan fingerprint density at radius 1 is 1.05 bits per heavy atom. The normalized spacial score (nSPS) is 10.3. The van der Waals surface area contributed by atoms with Gasteiger partial charge in [0.05, 0.1) is 0 Å². The number of unbranched alkanes of at least 4 members (excludes halogenated alkanes) is 2. The molecule has 0 aliphatic rings. The highest BCUT2D eigenvalue weighted by Crippen LogP contribution is 2.12. The van der Waals surface area contributed by atoms with E-state index in [2.05, 4.69) is 27.8 Å². The van der Waals surface area contributed by atoms with Crippen molar-refractivity contribution in [2.24, 2.45) is 0 Å². The Morgan fingerprint density at radius 2 is 1.73 bits per heavy atom. The van der Waals surface area contributed by atoms with Crippen LogP contribution in [-0.4, -0.2) is 22.6 Å². The molecule has 0 atom stereocenters. The highest BCUT2D eigenvalue weighted by Gasteiger charge is 2.07. The first-order valence-corrected chi connectivity index (χ1v) is 7.71. The molecule has 0 saturated carbocycles. The molecular formula is C16H19ClN4O. The molecule has 0 radical (unpaired) electrons. The van der Waals surface area contributed by atoms with E-state index in [9.17, 15) is 4.79 Å². The van der Waals surface area contributed by atoms with Gasteiger partial charge in [-0.05, 0) is 42.8 Å². The molecule has 1 aromatic carbocycles. The van der Waals surface area contributed by atoms with E-state index >= 15 is 0 Å². The summed E-state index contributed by atoms with van der Waals surface area (Å²) in [6.45, 7) is 3.04. The predicted octanol–water partition coefficient (Wildman–Crippen LogP) is 3.98. The van der Waals surface area contributed by atoms with Gasteiger partial charge in [-0.1, -0.05) is 31.4 Å². The first kappa shape index (κ1) is 16.2. The molecule has 0 aliphatic carbocycles. The van der Waals surface area contributed by atoms with Crippen LogP contribution in [-0.2, 0) is 0 Å². The van der Waals surface area contributed by atoms with Gasteiger partial charge in [0, 0.05) is 17.1 Å². The zero-order valence-corrected chi connectivity index (χ0v) is 13.2. The van der Waals surface area contributed by atoms with Crippen LogP contribution in [0.3, 0.4) is 0 Å². The van der Waals surface area contributed by atoms with Crippen molar-refractivity contribution in [2.45, 2.75) is 26.2 Å². The number of amides is 1. The number of anilines is 2. The van der Waals surface area contributed by atoms with Crippen molar-refractivity contribution in [3.8, 4) is 0 Å². The van der Waals surface area contributed by atoms with Crippen LogP contribution in [0.1, 0.15) is 36.5 Å². The number of hydrogen-bond acceptors (Lipinski definition) is 4. The summed E-state index contributed by atoms with van der Waals surface area (Å²) in [4.78, 5) is 12.0. The molecule has 0 fully saturated rings. The SMILES string of the molecule is CCCCCNc1ccc(NC(=O)c2ccc(Cl)cc2)nn1. The van der Waals surface area contributed by atoms with Gasteiger partial charge in [-0.3, -0.25) is 4.79 Å². The fourth-order valence-electron chi connectivity index (χ4n) is 1.87. The molecule has 1 heterocycles. The molecule has 2 rings (SSSR count). The number of hydrogen-bond donors (Lipinski definition) is 2. The minimum Gasteiger partial charge on any atom is -0.369 e. The van der Waals surface area contributed by atoms with Gasteiger partial charge in [-0.2, -0.15) is 0 Å². The van der Waals surface area contributed by atoms with Crippen molar-refractivity contribution in [2.75, 3.05) is 17.2 Å². The second kappa shape index (κ2) is 8.34. The van der Waals surface area contributed by atoms with Crippen LogP contribution < -0.4 is 10.6 Å². The topological polar surface area (TPSA) is 66.9 Å². The summed E-state index contributed by atoms with van der Waals surface area (Å²) in [5.41, 5.74) is 0.521. The van der Waals surface area contributed by atoms with Crippen LogP contribution in [0.5, 0.6) is 0 Å². The molecule has 1 amide bonds. The van der Waals surface area contributed by atoms with Crippen LogP contribution in [0.25, 0.3) is 0 Å². The maximum Gasteiger partial charge on any atom is 0.256 e. The van der Waals surface area contributed by atoms with Gasteiger partial charge in [0.2, 0.25) is 0 Å². The molecule has 22 heavy (non-hydrogen) atoms. The van der Waals surface area contributed by atoms with E-state index < -0.39 is 0 Å². The second-order valence-electron chi connectivity index (χ2n) is 4.90. The maximum atomic E-state index is 12.0. The maximum absolute atomic E-state index is 12.0. The average molecular weight is 319 g/mol. The summed E-state index contributed by atoms with van der Waals surface area (Å²) in [6, 6.07) is 10.2. The molecule has 5 nitrogen and oxygen atoms in total. The second-order valence-corrected chi connectivity index (χ2v) is 5.34. The molecular weight excluding hydrogens is 300 g/mol. The number of benzene rings is 1. The minimum absolute atomic E-state index is 0.241. The number of aromatic nitrogens is 2. The number of halogens is 1. The van der Waals surface area contributed by atoms with Crippen molar-refractivity contribution in [1.82, 2.24) is 10.2 Å². The Morgan fingerprint density at radius 3 is 2.36 bits per heavy atom. The van der Waals surface area contributed by atoms with Gasteiger partial charge in [-0.25, -0.2) is 0 Å². The monoisotopic (exact) mass is 318 g/mol. The standard InChI is InChI=1S/C16H19ClN4O/c1-2-3-4-11-18-14-9-10-15(21-20-14)19-16(22)12-5-7-13(17)8-6-12/h5-10H,2-4,11H2,1H3,(H,18,20)(H,19,21,22). The average Bonchev–Trinajstić information content (AvgIpc) is 2.54. The van der Waals surface area contributed by atoms with E-state index in [1.165, 1.54) is 12.8 Å². The largest absolute Gasteiger partial charge is 0.369 e. The zero-order chi connectivity index (χ0) is 15.8. The predicted molar refractivity (Wildman–Crippen MR) is 89.5 cm³/mol. The smallest absolute Gasteiger partial charge is 0.256 e. The van der Waals surface area contributed by atoms with Gasteiger partial charge >= 0.3 is 0 Å². The van der Waals surface area contributed by atoms with Gasteiger partial charge in [0.15, 0.2) is 5.82 Å². The zero-order valence-electron chi connectivity index (χ0n) is 12.5. The third-order valence-corrected chi connectivity index (χ3v) is 3.35. The molecule has 0 aliphatic heterocycles. The van der Waals surface area contributed by atoms with Crippen LogP contribution in [0.4, 0.5) is 11.6 Å². The lowest BCUT2D eigenvalue weighted by molar-refractivity contribution is 0.102. The quantitative estimate of drug-likeness (QED) is 0.758. The summed E-state index contributed by atoms with van der Waals surface area (Å²) in [5.74, 6) is 0.884. The third kappa shape index (κ3) is 5.00. The summed E-state index contributed by atoms with van der Waals surface area (Å²) >= 11 is 5.79. The molecule has 0 saturated heterocycles. The number of nitrogens with one attached hydrogen (secondary N) is 2. The molecule has 6 heteroatoms. The number of carbonyl (C=O) groups excluding carboxylic acids is 1. The minimum atomic E-state index is -0.241. The van der Waals surface area contributed by atoms with Crippen molar-refractivity contribution < 1.29 is 4.79 Å². The summed E-state index contributed by atoms with van der Waals surface area (Å²) in [5, 5.41) is 14.5. The number of carbonyl (C=O) groups is 1. The molecule has 2 aromatic rings. The summed E-state index contributed by atoms with van der Waals surface area (Å²) in [6.07, 6.45) is 3.48. The Balaban J connectivity index is 1.88. The van der Waals surface area contributed by atoms with Crippen LogP contribution in [0, 0.1) is 0 Å². The van der Waals surface area contributed by atoms with E-state index in [0.29, 0.717) is 22.2 Å². The summed E-state index contributed by atoms with van der Waals surface area (Å²) in [7, 11) is 0. The van der Waals surface area contributed by atoms with Gasteiger partial charge in [0.1, 0.15) is 5.82 Å². The molecule has 0 spiro atoms. The Labute approximate surface area is 135 Å². The van der Waals surface area contributed by atoms with E-state index in [0.717, 1.165) is 13.0 Å². The van der Waals surface area contributed by atoms with Gasteiger partial charge < -0.3 is 10.6 Å². The van der Waals surface area contributed by atoms with E-state index in [1.54, 1.807) is 36.4 Å². The molecule has 116 valence electrons.